The molecule has 0 radical (unpaired) electrons. The average Bonchev–Trinajstić information content (AvgIpc) is 2.47. The van der Waals surface area contributed by atoms with E-state index in [-0.39, 0.29) is 16.3 Å². The number of ether oxygens (including phenoxy) is 1. The summed E-state index contributed by atoms with van der Waals surface area (Å²) in [6.45, 7) is -2.35. The van der Waals surface area contributed by atoms with Crippen molar-refractivity contribution >= 4 is 31.6 Å². The van der Waals surface area contributed by atoms with E-state index >= 15 is 0 Å². The van der Waals surface area contributed by atoms with Gasteiger partial charge in [0, 0.05) is 10.2 Å². The quantitative estimate of drug-likeness (QED) is 0.380. The number of halogens is 1. The van der Waals surface area contributed by atoms with E-state index in [1.807, 2.05) is 0 Å². The fourth-order valence-corrected chi connectivity index (χ4v) is 3.39. The summed E-state index contributed by atoms with van der Waals surface area (Å²) in [6.07, 6.45) is 0. The van der Waals surface area contributed by atoms with Crippen LogP contribution in [0.2, 0.25) is 0 Å². The van der Waals surface area contributed by atoms with E-state index in [9.17, 15) is 23.7 Å². The normalized spacial score (nSPS) is 12.4. The molecular formula is C11H17BrN2O6S. The molecule has 0 fully saturated rings. The van der Waals surface area contributed by atoms with Gasteiger partial charge in [-0.2, -0.15) is 4.72 Å². The van der Waals surface area contributed by atoms with Gasteiger partial charge in [0.2, 0.25) is 10.0 Å². The topological polar surface area (TPSA) is 142 Å². The number of nitrogens with two attached hydrogens (primary N) is 1. The number of aliphatic hydroxyl groups is 3. The van der Waals surface area contributed by atoms with Crippen LogP contribution in [0.3, 0.4) is 0 Å². The molecule has 8 nitrogen and oxygen atoms in total. The van der Waals surface area contributed by atoms with Crippen LogP contribution in [-0.2, 0) is 10.0 Å². The molecule has 0 amide bonds. The van der Waals surface area contributed by atoms with Gasteiger partial charge in [0.25, 0.3) is 0 Å². The van der Waals surface area contributed by atoms with Gasteiger partial charge in [-0.05, 0) is 28.1 Å². The first-order valence-corrected chi connectivity index (χ1v) is 8.02. The number of nitrogens with one attached hydrogen (secondary N) is 1. The largest absolute Gasteiger partial charge is 0.495 e. The smallest absolute Gasteiger partial charge is 0.245 e. The first kappa shape index (κ1) is 18.1. The number of methoxy groups -OCH3 is 1. The minimum atomic E-state index is -4.19. The number of anilines is 1. The lowest BCUT2D eigenvalue weighted by atomic mass is 10.1. The van der Waals surface area contributed by atoms with Crippen LogP contribution in [0, 0.1) is 0 Å². The van der Waals surface area contributed by atoms with Gasteiger partial charge in [-0.15, -0.1) is 0 Å². The third-order valence-electron chi connectivity index (χ3n) is 2.83. The second-order valence-corrected chi connectivity index (χ2v) is 6.89. The molecule has 0 aliphatic rings. The maximum Gasteiger partial charge on any atom is 0.245 e. The van der Waals surface area contributed by atoms with Crippen molar-refractivity contribution in [2.24, 2.45) is 0 Å². The van der Waals surface area contributed by atoms with Crippen LogP contribution in [0.4, 0.5) is 5.69 Å². The molecule has 1 aromatic carbocycles. The van der Waals surface area contributed by atoms with Gasteiger partial charge in [-0.25, -0.2) is 8.42 Å². The molecule has 0 unspecified atom stereocenters. The summed E-state index contributed by atoms with van der Waals surface area (Å²) >= 11 is 3.15. The zero-order chi connectivity index (χ0) is 16.3. The third-order valence-corrected chi connectivity index (χ3v) is 5.12. The third kappa shape index (κ3) is 3.84. The molecule has 1 aromatic rings. The van der Waals surface area contributed by atoms with Gasteiger partial charge < -0.3 is 25.8 Å². The highest BCUT2D eigenvalue weighted by molar-refractivity contribution is 9.10. The molecule has 0 aliphatic heterocycles. The fourth-order valence-electron chi connectivity index (χ4n) is 1.51. The molecule has 1 rings (SSSR count). The van der Waals surface area contributed by atoms with Gasteiger partial charge in [-0.3, -0.25) is 0 Å². The number of sulfonamides is 1. The van der Waals surface area contributed by atoms with E-state index in [0.29, 0.717) is 4.47 Å². The molecule has 0 bridgehead atoms. The van der Waals surface area contributed by atoms with E-state index in [1.165, 1.54) is 19.2 Å². The first-order valence-electron chi connectivity index (χ1n) is 5.75. The van der Waals surface area contributed by atoms with Crippen LogP contribution in [0.1, 0.15) is 0 Å². The zero-order valence-corrected chi connectivity index (χ0v) is 13.6. The SMILES string of the molecule is COc1cc(Br)c(N)cc1S(=O)(=O)NC(CO)(CO)CO. The number of hydrogen-bond donors (Lipinski definition) is 5. The van der Waals surface area contributed by atoms with Crippen LogP contribution in [0.5, 0.6) is 5.75 Å². The van der Waals surface area contributed by atoms with Crippen molar-refractivity contribution in [2.45, 2.75) is 10.4 Å². The lowest BCUT2D eigenvalue weighted by molar-refractivity contribution is 0.0581. The van der Waals surface area contributed by atoms with Crippen molar-refractivity contribution in [1.29, 1.82) is 0 Å². The van der Waals surface area contributed by atoms with Crippen LogP contribution in [0.15, 0.2) is 21.5 Å². The Morgan fingerprint density at radius 3 is 2.24 bits per heavy atom. The van der Waals surface area contributed by atoms with Crippen molar-refractivity contribution in [3.8, 4) is 5.75 Å². The van der Waals surface area contributed by atoms with Gasteiger partial charge in [0.1, 0.15) is 16.2 Å². The van der Waals surface area contributed by atoms with Gasteiger partial charge in [0.15, 0.2) is 0 Å². The second-order valence-electron chi connectivity index (χ2n) is 4.38. The zero-order valence-electron chi connectivity index (χ0n) is 11.2. The Bertz CT molecular complexity index is 595. The summed E-state index contributed by atoms with van der Waals surface area (Å²) in [5, 5.41) is 27.6. The molecule has 0 atom stereocenters. The fraction of sp³-hybridized carbons (Fsp3) is 0.455. The molecular weight excluding hydrogens is 368 g/mol. The standard InChI is InChI=1S/C11H17BrN2O6S/c1-20-9-2-7(12)8(13)3-10(9)21(18,19)14-11(4-15,5-16)6-17/h2-3,14-17H,4-6,13H2,1H3. The highest BCUT2D eigenvalue weighted by Gasteiger charge is 2.35. The second kappa shape index (κ2) is 6.90. The van der Waals surface area contributed by atoms with Crippen molar-refractivity contribution in [2.75, 3.05) is 32.7 Å². The summed E-state index contributed by atoms with van der Waals surface area (Å²) in [4.78, 5) is -0.273. The van der Waals surface area contributed by atoms with Crippen LogP contribution in [-0.4, -0.2) is 56.2 Å². The van der Waals surface area contributed by atoms with E-state index in [1.54, 1.807) is 0 Å². The predicted octanol–water partition coefficient (Wildman–Crippen LogP) is -0.966. The number of rotatable bonds is 7. The number of benzene rings is 1. The highest BCUT2D eigenvalue weighted by Crippen LogP contribution is 2.32. The van der Waals surface area contributed by atoms with Crippen molar-refractivity contribution < 1.29 is 28.5 Å². The lowest BCUT2D eigenvalue weighted by Crippen LogP contribution is -2.56. The molecule has 0 aromatic heterocycles. The summed E-state index contributed by atoms with van der Waals surface area (Å²) in [5.74, 6) is 0.0197. The molecule has 10 heteroatoms. The minimum Gasteiger partial charge on any atom is -0.495 e. The number of hydrogen-bond acceptors (Lipinski definition) is 7. The van der Waals surface area contributed by atoms with E-state index in [0.717, 1.165) is 0 Å². The molecule has 0 heterocycles. The highest BCUT2D eigenvalue weighted by atomic mass is 79.9. The minimum absolute atomic E-state index is 0.0197. The van der Waals surface area contributed by atoms with Crippen LogP contribution in [0.25, 0.3) is 0 Å². The molecule has 21 heavy (non-hydrogen) atoms. The van der Waals surface area contributed by atoms with Gasteiger partial charge in [-0.1, -0.05) is 0 Å². The number of nitrogen functional groups attached to an aromatic ring is 1. The monoisotopic (exact) mass is 384 g/mol. The van der Waals surface area contributed by atoms with Crippen molar-refractivity contribution in [1.82, 2.24) is 4.72 Å². The molecule has 0 aliphatic carbocycles. The number of aliphatic hydroxyl groups excluding tert-OH is 3. The van der Waals surface area contributed by atoms with Crippen molar-refractivity contribution in [3.05, 3.63) is 16.6 Å². The average molecular weight is 385 g/mol. The molecule has 0 saturated carbocycles. The van der Waals surface area contributed by atoms with E-state index in [4.69, 9.17) is 10.5 Å². The summed E-state index contributed by atoms with van der Waals surface area (Å²) < 4.78 is 32.3. The van der Waals surface area contributed by atoms with E-state index in [2.05, 4.69) is 20.7 Å². The Morgan fingerprint density at radius 2 is 1.81 bits per heavy atom. The van der Waals surface area contributed by atoms with Gasteiger partial charge in [0.05, 0.1) is 26.9 Å². The molecule has 120 valence electrons. The first-order chi connectivity index (χ1) is 9.75. The molecule has 0 spiro atoms. The summed E-state index contributed by atoms with van der Waals surface area (Å²) in [7, 11) is -2.91. The Hall–Kier alpha value is -0.910. The van der Waals surface area contributed by atoms with Crippen LogP contribution >= 0.6 is 15.9 Å². The molecule has 6 N–H and O–H groups in total. The Balaban J connectivity index is 3.34. The Morgan fingerprint density at radius 1 is 1.29 bits per heavy atom. The van der Waals surface area contributed by atoms with E-state index < -0.39 is 35.4 Å². The predicted molar refractivity (Wildman–Crippen MR) is 79.4 cm³/mol. The molecule has 0 saturated heterocycles. The van der Waals surface area contributed by atoms with Gasteiger partial charge >= 0.3 is 0 Å². The summed E-state index contributed by atoms with van der Waals surface area (Å²) in [5.41, 5.74) is 4.04. The lowest BCUT2D eigenvalue weighted by Gasteiger charge is -2.28. The maximum atomic E-state index is 12.4. The summed E-state index contributed by atoms with van der Waals surface area (Å²) in [6, 6.07) is 2.55. The van der Waals surface area contributed by atoms with Crippen molar-refractivity contribution in [3.63, 3.8) is 0 Å². The Labute approximate surface area is 130 Å². The van der Waals surface area contributed by atoms with Crippen LogP contribution < -0.4 is 15.2 Å². The maximum absolute atomic E-state index is 12.4. The Kier molecular flexibility index (Phi) is 5.96.